The quantitative estimate of drug-likeness (QED) is 0.0930. The maximum Gasteiger partial charge on any atom is 0.508 e. The molecule has 178 valence electrons. The highest BCUT2D eigenvalue weighted by Crippen LogP contribution is 2.11. The minimum absolute atomic E-state index is 0.492. The van der Waals surface area contributed by atoms with Gasteiger partial charge in [0.2, 0.25) is 0 Å². The zero-order valence-corrected chi connectivity index (χ0v) is 20.4. The first-order chi connectivity index (χ1) is 14.8. The lowest BCUT2D eigenvalue weighted by molar-refractivity contribution is 0.0529. The first-order valence-electron chi connectivity index (χ1n) is 13.3. The van der Waals surface area contributed by atoms with Crippen LogP contribution in [0.5, 0.6) is 0 Å². The van der Waals surface area contributed by atoms with E-state index in [2.05, 4.69) is 26.0 Å². The van der Waals surface area contributed by atoms with Gasteiger partial charge < -0.3 is 9.47 Å². The van der Waals surface area contributed by atoms with Crippen LogP contribution in [0, 0.1) is 0 Å². The molecular weight excluding hydrogens is 372 g/mol. The topological polar surface area (TPSA) is 35.5 Å². The van der Waals surface area contributed by atoms with Gasteiger partial charge in [-0.15, -0.1) is 0 Å². The van der Waals surface area contributed by atoms with Crippen LogP contribution in [-0.2, 0) is 9.47 Å². The molecule has 0 aromatic heterocycles. The van der Waals surface area contributed by atoms with Gasteiger partial charge in [0.25, 0.3) is 0 Å². The van der Waals surface area contributed by atoms with E-state index in [1.54, 1.807) is 0 Å². The van der Waals surface area contributed by atoms with Crippen molar-refractivity contribution in [1.29, 1.82) is 0 Å². The summed E-state index contributed by atoms with van der Waals surface area (Å²) in [5.41, 5.74) is 0. The lowest BCUT2D eigenvalue weighted by Crippen LogP contribution is -2.09. The van der Waals surface area contributed by atoms with Crippen LogP contribution in [0.1, 0.15) is 142 Å². The average molecular weight is 425 g/mol. The summed E-state index contributed by atoms with van der Waals surface area (Å²) >= 11 is 0. The lowest BCUT2D eigenvalue weighted by atomic mass is 10.1. The van der Waals surface area contributed by atoms with Gasteiger partial charge in [-0.3, -0.25) is 0 Å². The average Bonchev–Trinajstić information content (AvgIpc) is 2.75. The maximum absolute atomic E-state index is 11.4. The zero-order valence-electron chi connectivity index (χ0n) is 20.4. The summed E-state index contributed by atoms with van der Waals surface area (Å²) < 4.78 is 10.2. The number of hydrogen-bond acceptors (Lipinski definition) is 3. The fourth-order valence-corrected chi connectivity index (χ4v) is 3.58. The van der Waals surface area contributed by atoms with Gasteiger partial charge in [0.15, 0.2) is 0 Å². The fourth-order valence-electron chi connectivity index (χ4n) is 3.58. The van der Waals surface area contributed by atoms with E-state index >= 15 is 0 Å². The van der Waals surface area contributed by atoms with Crippen molar-refractivity contribution in [3.05, 3.63) is 12.2 Å². The Balaban J connectivity index is 3.16. The molecule has 0 aromatic carbocycles. The second-order valence-corrected chi connectivity index (χ2v) is 8.65. The molecule has 3 heteroatoms. The number of allylic oxidation sites excluding steroid dienone is 2. The summed E-state index contributed by atoms with van der Waals surface area (Å²) in [6, 6.07) is 0. The van der Waals surface area contributed by atoms with Crippen molar-refractivity contribution in [2.75, 3.05) is 13.2 Å². The monoisotopic (exact) mass is 424 g/mol. The van der Waals surface area contributed by atoms with Crippen LogP contribution in [0.15, 0.2) is 12.2 Å². The molecule has 0 spiro atoms. The molecule has 0 N–H and O–H groups in total. The van der Waals surface area contributed by atoms with E-state index in [-0.39, 0.29) is 0 Å². The predicted octanol–water partition coefficient (Wildman–Crippen LogP) is 9.54. The van der Waals surface area contributed by atoms with E-state index in [4.69, 9.17) is 9.47 Å². The number of carbonyl (C=O) groups is 1. The summed E-state index contributed by atoms with van der Waals surface area (Å²) in [6.07, 6.45) is 29.7. The molecule has 0 amide bonds. The van der Waals surface area contributed by atoms with Crippen LogP contribution in [0.25, 0.3) is 0 Å². The standard InChI is InChI=1S/C27H52O3/c1-3-5-7-9-10-11-12-13-14-15-16-17-18-19-20-21-22-24-26-30-27(28)29-25-23-8-6-4-2/h15-16H,3-14,17-26H2,1-2H3. The van der Waals surface area contributed by atoms with Crippen molar-refractivity contribution in [3.8, 4) is 0 Å². The highest BCUT2D eigenvalue weighted by atomic mass is 16.7. The second-order valence-electron chi connectivity index (χ2n) is 8.65. The molecule has 0 aliphatic carbocycles. The van der Waals surface area contributed by atoms with Gasteiger partial charge >= 0.3 is 6.16 Å². The molecule has 0 bridgehead atoms. The number of carbonyl (C=O) groups excluding carboxylic acids is 1. The molecule has 0 saturated heterocycles. The third-order valence-electron chi connectivity index (χ3n) is 5.59. The van der Waals surface area contributed by atoms with Crippen molar-refractivity contribution < 1.29 is 14.3 Å². The Hall–Kier alpha value is -0.990. The third kappa shape index (κ3) is 25.0. The Labute approximate surface area is 188 Å². The summed E-state index contributed by atoms with van der Waals surface area (Å²) in [5.74, 6) is 0. The summed E-state index contributed by atoms with van der Waals surface area (Å²) in [4.78, 5) is 11.4. The van der Waals surface area contributed by atoms with Gasteiger partial charge in [-0.25, -0.2) is 4.79 Å². The van der Waals surface area contributed by atoms with Crippen molar-refractivity contribution >= 4 is 6.16 Å². The number of hydrogen-bond donors (Lipinski definition) is 0. The number of unbranched alkanes of at least 4 members (excludes halogenated alkanes) is 17. The third-order valence-corrected chi connectivity index (χ3v) is 5.59. The molecule has 0 unspecified atom stereocenters. The minimum Gasteiger partial charge on any atom is -0.434 e. The molecule has 0 rings (SSSR count). The molecule has 3 nitrogen and oxygen atoms in total. The van der Waals surface area contributed by atoms with Crippen LogP contribution in [0.3, 0.4) is 0 Å². The Morgan fingerprint density at radius 3 is 1.27 bits per heavy atom. The zero-order chi connectivity index (χ0) is 22.0. The van der Waals surface area contributed by atoms with Crippen LogP contribution in [0.2, 0.25) is 0 Å². The van der Waals surface area contributed by atoms with Crippen LogP contribution >= 0.6 is 0 Å². The SMILES string of the molecule is CCCCCCCCCCC=CCCCCCCCCOC(=O)OCCCCCC. The summed E-state index contributed by atoms with van der Waals surface area (Å²) in [5, 5.41) is 0. The first kappa shape index (κ1) is 29.0. The highest BCUT2D eigenvalue weighted by molar-refractivity contribution is 5.59. The van der Waals surface area contributed by atoms with Crippen molar-refractivity contribution in [3.63, 3.8) is 0 Å². The van der Waals surface area contributed by atoms with Gasteiger partial charge in [0.05, 0.1) is 13.2 Å². The van der Waals surface area contributed by atoms with E-state index in [0.717, 1.165) is 25.7 Å². The van der Waals surface area contributed by atoms with Gasteiger partial charge in [-0.05, 0) is 38.5 Å². The maximum atomic E-state index is 11.4. The van der Waals surface area contributed by atoms with Crippen LogP contribution in [-0.4, -0.2) is 19.4 Å². The highest BCUT2D eigenvalue weighted by Gasteiger charge is 2.02. The van der Waals surface area contributed by atoms with E-state index in [1.807, 2.05) is 0 Å². The Morgan fingerprint density at radius 2 is 0.833 bits per heavy atom. The Bertz CT molecular complexity index is 365. The van der Waals surface area contributed by atoms with E-state index in [1.165, 1.54) is 103 Å². The first-order valence-corrected chi connectivity index (χ1v) is 13.3. The van der Waals surface area contributed by atoms with Gasteiger partial charge in [0, 0.05) is 0 Å². The lowest BCUT2D eigenvalue weighted by Gasteiger charge is -2.06. The molecular formula is C27H52O3. The second kappa shape index (κ2) is 26.0. The summed E-state index contributed by atoms with van der Waals surface area (Å²) in [7, 11) is 0. The molecule has 30 heavy (non-hydrogen) atoms. The van der Waals surface area contributed by atoms with Crippen LogP contribution < -0.4 is 0 Å². The molecule has 0 aliphatic rings. The predicted molar refractivity (Wildman–Crippen MR) is 130 cm³/mol. The number of ether oxygens (including phenoxy) is 2. The molecule has 0 fully saturated rings. The van der Waals surface area contributed by atoms with Gasteiger partial charge in [-0.2, -0.15) is 0 Å². The molecule has 0 saturated carbocycles. The largest absolute Gasteiger partial charge is 0.508 e. The minimum atomic E-state index is -0.495. The van der Waals surface area contributed by atoms with E-state index in [0.29, 0.717) is 13.2 Å². The van der Waals surface area contributed by atoms with Gasteiger partial charge in [-0.1, -0.05) is 116 Å². The molecule has 0 radical (unpaired) electrons. The van der Waals surface area contributed by atoms with Crippen molar-refractivity contribution in [2.24, 2.45) is 0 Å². The Kier molecular flexibility index (Phi) is 25.2. The fraction of sp³-hybridized carbons (Fsp3) is 0.889. The summed E-state index contributed by atoms with van der Waals surface area (Å²) in [6.45, 7) is 5.44. The number of rotatable bonds is 23. The van der Waals surface area contributed by atoms with Gasteiger partial charge in [0.1, 0.15) is 0 Å². The van der Waals surface area contributed by atoms with Crippen molar-refractivity contribution in [1.82, 2.24) is 0 Å². The Morgan fingerprint density at radius 1 is 0.500 bits per heavy atom. The van der Waals surface area contributed by atoms with Crippen molar-refractivity contribution in [2.45, 2.75) is 142 Å². The molecule has 0 aliphatic heterocycles. The van der Waals surface area contributed by atoms with Crippen LogP contribution in [0.4, 0.5) is 4.79 Å². The van der Waals surface area contributed by atoms with E-state index in [9.17, 15) is 4.79 Å². The molecule has 0 heterocycles. The normalized spacial score (nSPS) is 11.3. The van der Waals surface area contributed by atoms with E-state index < -0.39 is 6.16 Å². The molecule has 0 aromatic rings. The smallest absolute Gasteiger partial charge is 0.434 e. The molecule has 0 atom stereocenters.